The van der Waals surface area contributed by atoms with Crippen LogP contribution >= 0.6 is 0 Å². The van der Waals surface area contributed by atoms with Gasteiger partial charge < -0.3 is 30.6 Å². The second kappa shape index (κ2) is 21.1. The van der Waals surface area contributed by atoms with Crippen molar-refractivity contribution in [2.45, 2.75) is 53.5 Å². The molecule has 0 amide bonds. The Morgan fingerprint density at radius 3 is 0.789 bits per heavy atom. The molecule has 356 valence electrons. The van der Waals surface area contributed by atoms with Gasteiger partial charge in [-0.2, -0.15) is 0 Å². The second-order valence-corrected chi connectivity index (χ2v) is 18.2. The number of hydrogen-bond acceptors (Lipinski definition) is 8. The molecule has 0 aromatic heterocycles. The van der Waals surface area contributed by atoms with Gasteiger partial charge in [-0.1, -0.05) is 255 Å². The van der Waals surface area contributed by atoms with E-state index in [1.807, 2.05) is 243 Å². The van der Waals surface area contributed by atoms with Gasteiger partial charge in [-0.25, -0.2) is 0 Å². The van der Waals surface area contributed by atoms with Gasteiger partial charge in [-0.05, 0) is 50.6 Å². The largest absolute Gasteiger partial charge is 0.504 e. The lowest BCUT2D eigenvalue weighted by atomic mass is 9.71. The van der Waals surface area contributed by atoms with Crippen molar-refractivity contribution < 1.29 is 30.6 Å². The van der Waals surface area contributed by atoms with E-state index in [1.165, 1.54) is 6.07 Å². The molecule has 9 aromatic carbocycles. The highest BCUT2D eigenvalue weighted by molar-refractivity contribution is 5.48. The summed E-state index contributed by atoms with van der Waals surface area (Å²) in [5.41, 5.74) is -2.86. The van der Waals surface area contributed by atoms with Gasteiger partial charge in [0, 0.05) is 30.5 Å². The second-order valence-electron chi connectivity index (χ2n) is 18.2. The van der Waals surface area contributed by atoms with Crippen molar-refractivity contribution in [2.75, 3.05) is 0 Å². The number of para-hydroxylation sites is 1. The minimum Gasteiger partial charge on any atom is -0.504 e. The summed E-state index contributed by atoms with van der Waals surface area (Å²) in [5, 5.41) is 86.1. The Kier molecular flexibility index (Phi) is 14.4. The Labute approximate surface area is 415 Å². The number of nitrogens with one attached hydrogen (secondary N) is 2. The molecule has 0 saturated carbocycles. The third kappa shape index (κ3) is 9.78. The van der Waals surface area contributed by atoms with E-state index >= 15 is 0 Å². The van der Waals surface area contributed by atoms with Gasteiger partial charge in [0.25, 0.3) is 0 Å². The first kappa shape index (κ1) is 48.4. The Balaban J connectivity index is 1.31. The molecular formula is C63H58N2O6. The number of benzene rings is 9. The molecule has 71 heavy (non-hydrogen) atoms. The number of phenols is 2. The third-order valence-corrected chi connectivity index (χ3v) is 14.0. The van der Waals surface area contributed by atoms with Gasteiger partial charge >= 0.3 is 0 Å². The smallest absolute Gasteiger partial charge is 0.163 e. The van der Waals surface area contributed by atoms with E-state index in [-0.39, 0.29) is 18.4 Å². The van der Waals surface area contributed by atoms with Crippen LogP contribution in [0.4, 0.5) is 0 Å². The van der Waals surface area contributed by atoms with Crippen molar-refractivity contribution in [1.29, 1.82) is 0 Å². The number of aliphatic hydroxyl groups is 4. The van der Waals surface area contributed by atoms with Crippen molar-refractivity contribution in [3.8, 4) is 11.5 Å². The van der Waals surface area contributed by atoms with Crippen molar-refractivity contribution >= 4 is 0 Å². The van der Waals surface area contributed by atoms with Gasteiger partial charge in [0.2, 0.25) is 0 Å². The van der Waals surface area contributed by atoms with Crippen LogP contribution in [0.15, 0.2) is 261 Å². The minimum absolute atomic E-state index is 0.163. The van der Waals surface area contributed by atoms with Crippen LogP contribution in [0.3, 0.4) is 0 Å². The molecule has 0 fully saturated rings. The predicted octanol–water partition coefficient (Wildman–Crippen LogP) is 10.5. The summed E-state index contributed by atoms with van der Waals surface area (Å²) in [7, 11) is 0. The zero-order valence-corrected chi connectivity index (χ0v) is 39.2. The quantitative estimate of drug-likeness (QED) is 0.0296. The molecule has 0 radical (unpaired) electrons. The Hall–Kier alpha value is -7.66. The Morgan fingerprint density at radius 1 is 0.296 bits per heavy atom. The summed E-state index contributed by atoms with van der Waals surface area (Å²) in [6, 6.07) is 76.6. The summed E-state index contributed by atoms with van der Waals surface area (Å²) in [5.74, 6) is -0.856. The monoisotopic (exact) mass is 938 g/mol. The average Bonchev–Trinajstić information content (AvgIpc) is 3.44. The number of rotatable bonds is 19. The lowest BCUT2D eigenvalue weighted by Gasteiger charge is -2.47. The molecule has 0 aliphatic rings. The van der Waals surface area contributed by atoms with Crippen LogP contribution in [0.25, 0.3) is 0 Å². The molecule has 9 rings (SSSR count). The van der Waals surface area contributed by atoms with E-state index in [4.69, 9.17) is 0 Å². The third-order valence-electron chi connectivity index (χ3n) is 14.0. The van der Waals surface area contributed by atoms with Crippen molar-refractivity contribution in [1.82, 2.24) is 10.6 Å². The SMILES string of the molecule is Oc1cccc(C(N[C@@H](CC(O)(c2ccccc2)c2ccccc2)C(O)(c2ccccc2)c2ccccc2)N[C@@H](CC(O)(c2ccccc2)c2ccccc2)C(O)(c2ccccc2)c2ccccc2)c1O. The molecule has 0 spiro atoms. The van der Waals surface area contributed by atoms with Gasteiger partial charge in [0.15, 0.2) is 11.5 Å². The van der Waals surface area contributed by atoms with Crippen LogP contribution in [0.2, 0.25) is 0 Å². The fourth-order valence-electron chi connectivity index (χ4n) is 10.2. The molecule has 0 aliphatic heterocycles. The van der Waals surface area contributed by atoms with Gasteiger partial charge in [-0.15, -0.1) is 0 Å². The number of aromatic hydroxyl groups is 2. The summed E-state index contributed by atoms with van der Waals surface area (Å²) in [4.78, 5) is 0. The minimum atomic E-state index is -1.92. The molecule has 8 heteroatoms. The van der Waals surface area contributed by atoms with E-state index < -0.39 is 52.2 Å². The van der Waals surface area contributed by atoms with Crippen LogP contribution in [0.5, 0.6) is 11.5 Å². The summed E-state index contributed by atoms with van der Waals surface area (Å²) >= 11 is 0. The standard InChI is InChI=1S/C63H58N2O6/c66-55-43-25-42-54(58(55)67)59(64-56(62(70,50-34-17-5-18-35-50)51-36-19-6-20-37-51)44-60(68,46-26-9-1-10-27-46)47-28-11-2-12-29-47)65-57(63(71,52-38-21-7-22-39-52)53-40-23-8-24-41-53)45-61(69,48-30-13-3-14-31-48)49-32-15-4-16-33-49/h1-43,56-57,59,64-71H,44-45H2/t56-,57-/m0/s1. The molecule has 9 aromatic rings. The number of phenolic OH excluding ortho intramolecular Hbond substituents is 2. The lowest BCUT2D eigenvalue weighted by Crippen LogP contribution is -2.60. The van der Waals surface area contributed by atoms with Crippen LogP contribution < -0.4 is 10.6 Å². The molecule has 0 saturated heterocycles. The first-order valence-corrected chi connectivity index (χ1v) is 23.9. The lowest BCUT2D eigenvalue weighted by molar-refractivity contribution is -0.0334. The fourth-order valence-corrected chi connectivity index (χ4v) is 10.2. The first-order chi connectivity index (χ1) is 34.5. The molecular weight excluding hydrogens is 881 g/mol. The molecule has 8 nitrogen and oxygen atoms in total. The fraction of sp³-hybridized carbons (Fsp3) is 0.143. The van der Waals surface area contributed by atoms with Crippen molar-refractivity contribution in [3.05, 3.63) is 311 Å². The van der Waals surface area contributed by atoms with E-state index in [0.29, 0.717) is 44.5 Å². The van der Waals surface area contributed by atoms with E-state index in [9.17, 15) is 30.6 Å². The topological polar surface area (TPSA) is 145 Å². The average molecular weight is 939 g/mol. The highest BCUT2D eigenvalue weighted by Crippen LogP contribution is 2.46. The van der Waals surface area contributed by atoms with Crippen LogP contribution in [-0.2, 0) is 22.4 Å². The zero-order chi connectivity index (χ0) is 49.3. The zero-order valence-electron chi connectivity index (χ0n) is 39.2. The predicted molar refractivity (Wildman–Crippen MR) is 279 cm³/mol. The normalized spacial score (nSPS) is 13.1. The molecule has 0 aliphatic carbocycles. The maximum atomic E-state index is 14.0. The summed E-state index contributed by atoms with van der Waals surface area (Å²) < 4.78 is 0. The molecule has 0 unspecified atom stereocenters. The number of hydrogen-bond donors (Lipinski definition) is 8. The van der Waals surface area contributed by atoms with Crippen LogP contribution in [0.1, 0.15) is 69.1 Å². The Morgan fingerprint density at radius 2 is 0.535 bits per heavy atom. The summed E-state index contributed by atoms with van der Waals surface area (Å²) in [6.45, 7) is 0. The molecule has 8 N–H and O–H groups in total. The van der Waals surface area contributed by atoms with Crippen molar-refractivity contribution in [2.24, 2.45) is 0 Å². The maximum Gasteiger partial charge on any atom is 0.163 e. The van der Waals surface area contributed by atoms with E-state index in [1.54, 1.807) is 12.1 Å². The maximum absolute atomic E-state index is 14.0. The molecule has 0 heterocycles. The van der Waals surface area contributed by atoms with E-state index in [0.717, 1.165) is 0 Å². The van der Waals surface area contributed by atoms with Crippen LogP contribution in [0, 0.1) is 0 Å². The highest BCUT2D eigenvalue weighted by atomic mass is 16.3. The Bertz CT molecular complexity index is 2720. The van der Waals surface area contributed by atoms with Gasteiger partial charge in [0.05, 0.1) is 6.17 Å². The molecule has 0 bridgehead atoms. The first-order valence-electron chi connectivity index (χ1n) is 23.9. The van der Waals surface area contributed by atoms with Gasteiger partial charge in [0.1, 0.15) is 22.4 Å². The summed E-state index contributed by atoms with van der Waals surface area (Å²) in [6.07, 6.45) is -1.59. The van der Waals surface area contributed by atoms with Crippen molar-refractivity contribution in [3.63, 3.8) is 0 Å². The van der Waals surface area contributed by atoms with Crippen LogP contribution in [-0.4, -0.2) is 42.7 Å². The highest BCUT2D eigenvalue weighted by Gasteiger charge is 2.50. The van der Waals surface area contributed by atoms with E-state index in [2.05, 4.69) is 10.6 Å². The van der Waals surface area contributed by atoms with Gasteiger partial charge in [-0.3, -0.25) is 10.6 Å². The molecule has 2 atom stereocenters.